The number of nitrogens with one attached hydrogen (secondary N) is 1. The van der Waals surface area contributed by atoms with Crippen LogP contribution in [0.3, 0.4) is 0 Å². The van der Waals surface area contributed by atoms with E-state index >= 15 is 0 Å². The number of nitrogens with zero attached hydrogens (tertiary/aromatic N) is 2. The lowest BCUT2D eigenvalue weighted by atomic mass is 10.0. The number of carbonyl (C=O) groups excluding carboxylic acids is 2. The predicted molar refractivity (Wildman–Crippen MR) is 115 cm³/mol. The minimum Gasteiger partial charge on any atom is -0.324 e. The van der Waals surface area contributed by atoms with Crippen LogP contribution in [0.25, 0.3) is 0 Å². The molecule has 0 aliphatic carbocycles. The number of likely N-dealkylation sites (tertiary alicyclic amines) is 1. The van der Waals surface area contributed by atoms with Gasteiger partial charge in [0.2, 0.25) is 5.91 Å². The van der Waals surface area contributed by atoms with E-state index in [0.29, 0.717) is 18.8 Å². The molecular formula is C22H25N3O2S. The average molecular weight is 396 g/mol. The number of hydrogen-bond donors (Lipinski definition) is 1. The van der Waals surface area contributed by atoms with Crippen molar-refractivity contribution in [3.05, 3.63) is 59.7 Å². The van der Waals surface area contributed by atoms with E-state index in [4.69, 9.17) is 0 Å². The summed E-state index contributed by atoms with van der Waals surface area (Å²) in [5.74, 6) is 0.662. The van der Waals surface area contributed by atoms with Crippen LogP contribution in [-0.2, 0) is 4.79 Å². The van der Waals surface area contributed by atoms with Gasteiger partial charge in [0.25, 0.3) is 0 Å². The maximum absolute atomic E-state index is 12.6. The highest BCUT2D eigenvalue weighted by molar-refractivity contribution is 8.02. The van der Waals surface area contributed by atoms with E-state index < -0.39 is 0 Å². The molecule has 4 rings (SSSR count). The fraction of sp³-hybridized carbons (Fsp3) is 0.364. The monoisotopic (exact) mass is 395 g/mol. The van der Waals surface area contributed by atoms with Crippen LogP contribution in [0.15, 0.2) is 48.5 Å². The molecule has 2 aromatic carbocycles. The van der Waals surface area contributed by atoms with E-state index in [1.165, 1.54) is 5.56 Å². The molecule has 3 amide bonds. The van der Waals surface area contributed by atoms with Crippen molar-refractivity contribution >= 4 is 35.1 Å². The molecule has 2 heterocycles. The van der Waals surface area contributed by atoms with Crippen LogP contribution >= 0.6 is 11.8 Å². The number of amides is 3. The molecule has 0 atom stereocenters. The number of urea groups is 1. The number of thioether (sulfide) groups is 1. The molecule has 1 N–H and O–H groups in total. The fourth-order valence-corrected chi connectivity index (χ4v) is 5.22. The van der Waals surface area contributed by atoms with Crippen molar-refractivity contribution in [2.45, 2.75) is 31.6 Å². The third kappa shape index (κ3) is 3.61. The van der Waals surface area contributed by atoms with Crippen LogP contribution in [-0.4, -0.2) is 40.6 Å². The van der Waals surface area contributed by atoms with Gasteiger partial charge in [0.15, 0.2) is 0 Å². The van der Waals surface area contributed by atoms with Crippen LogP contribution in [0.4, 0.5) is 16.2 Å². The number of hydrogen-bond acceptors (Lipinski definition) is 3. The summed E-state index contributed by atoms with van der Waals surface area (Å²) in [4.78, 5) is 28.8. The summed E-state index contributed by atoms with van der Waals surface area (Å²) in [6, 6.07) is 15.9. The van der Waals surface area contributed by atoms with Crippen LogP contribution < -0.4 is 10.2 Å². The van der Waals surface area contributed by atoms with Gasteiger partial charge in [-0.25, -0.2) is 4.79 Å². The smallest absolute Gasteiger partial charge is 0.321 e. The number of benzene rings is 2. The van der Waals surface area contributed by atoms with Gasteiger partial charge in [0.05, 0.1) is 10.6 Å². The first-order valence-corrected chi connectivity index (χ1v) is 10.6. The summed E-state index contributed by atoms with van der Waals surface area (Å²) in [6.07, 6.45) is 1.55. The van der Waals surface area contributed by atoms with Crippen LogP contribution in [0, 0.1) is 13.8 Å². The summed E-state index contributed by atoms with van der Waals surface area (Å²) in [6.45, 7) is 5.35. The largest absolute Gasteiger partial charge is 0.324 e. The van der Waals surface area contributed by atoms with Crippen molar-refractivity contribution in [1.29, 1.82) is 0 Å². The predicted octanol–water partition coefficient (Wildman–Crippen LogP) is 4.41. The number of carbonyl (C=O) groups is 2. The Bertz CT molecular complexity index is 872. The summed E-state index contributed by atoms with van der Waals surface area (Å²) >= 11 is 1.72. The maximum Gasteiger partial charge on any atom is 0.321 e. The van der Waals surface area contributed by atoms with Gasteiger partial charge in [-0.2, -0.15) is 0 Å². The van der Waals surface area contributed by atoms with Gasteiger partial charge in [0, 0.05) is 24.5 Å². The number of piperidine rings is 1. The molecule has 6 heteroatoms. The zero-order chi connectivity index (χ0) is 19.7. The summed E-state index contributed by atoms with van der Waals surface area (Å²) in [7, 11) is 0. The van der Waals surface area contributed by atoms with E-state index in [9.17, 15) is 9.59 Å². The minimum absolute atomic E-state index is 0.0742. The Hall–Kier alpha value is -2.47. The Kier molecular flexibility index (Phi) is 5.06. The van der Waals surface area contributed by atoms with Gasteiger partial charge in [-0.15, -0.1) is 11.8 Å². The van der Waals surface area contributed by atoms with Gasteiger partial charge in [-0.05, 0) is 51.0 Å². The molecule has 0 aromatic heterocycles. The first-order valence-electron chi connectivity index (χ1n) is 9.63. The van der Waals surface area contributed by atoms with Crippen LogP contribution in [0.2, 0.25) is 0 Å². The standard InChI is InChI=1S/C22H25N3O2S/c1-16-3-7-18(8-4-16)23-21(27)24-13-11-22(12-14-24)25(20(26)15-28-22)19-9-5-17(2)6-10-19/h3-10H,11-15H2,1-2H3,(H,23,27). The van der Waals surface area contributed by atoms with Gasteiger partial charge in [0.1, 0.15) is 0 Å². The summed E-state index contributed by atoms with van der Waals surface area (Å²) in [5.41, 5.74) is 4.11. The Morgan fingerprint density at radius 1 is 0.964 bits per heavy atom. The molecule has 0 radical (unpaired) electrons. The summed E-state index contributed by atoms with van der Waals surface area (Å²) in [5, 5.41) is 2.98. The maximum atomic E-state index is 12.6. The zero-order valence-corrected chi connectivity index (χ0v) is 17.1. The molecule has 2 fully saturated rings. The number of rotatable bonds is 2. The second kappa shape index (κ2) is 7.51. The van der Waals surface area contributed by atoms with Gasteiger partial charge in [-0.3, -0.25) is 9.69 Å². The van der Waals surface area contributed by atoms with E-state index in [-0.39, 0.29) is 16.8 Å². The third-order valence-corrected chi connectivity index (χ3v) is 7.07. The van der Waals surface area contributed by atoms with Crippen molar-refractivity contribution in [1.82, 2.24) is 4.90 Å². The summed E-state index contributed by atoms with van der Waals surface area (Å²) < 4.78 is 0. The quantitative estimate of drug-likeness (QED) is 0.820. The van der Waals surface area contributed by atoms with Crippen molar-refractivity contribution < 1.29 is 9.59 Å². The lowest BCUT2D eigenvalue weighted by Gasteiger charge is -2.43. The number of anilines is 2. The second-order valence-electron chi connectivity index (χ2n) is 7.58. The molecule has 2 saturated heterocycles. The molecule has 2 aromatic rings. The Morgan fingerprint density at radius 2 is 1.54 bits per heavy atom. The SMILES string of the molecule is Cc1ccc(NC(=O)N2CCC3(CC2)SCC(=O)N3c2ccc(C)cc2)cc1. The van der Waals surface area contributed by atoms with Crippen molar-refractivity contribution in [2.24, 2.45) is 0 Å². The van der Waals surface area contributed by atoms with E-state index in [0.717, 1.165) is 29.8 Å². The van der Waals surface area contributed by atoms with E-state index in [1.807, 2.05) is 72.2 Å². The molecule has 0 saturated carbocycles. The van der Waals surface area contributed by atoms with Gasteiger partial charge in [-0.1, -0.05) is 35.4 Å². The topological polar surface area (TPSA) is 52.7 Å². The minimum atomic E-state index is -0.243. The zero-order valence-electron chi connectivity index (χ0n) is 16.3. The first kappa shape index (κ1) is 18.9. The lowest BCUT2D eigenvalue weighted by Crippen LogP contribution is -2.53. The van der Waals surface area contributed by atoms with Crippen molar-refractivity contribution in [2.75, 3.05) is 29.1 Å². The Labute approximate surface area is 170 Å². The van der Waals surface area contributed by atoms with Gasteiger partial charge < -0.3 is 10.2 Å². The highest BCUT2D eigenvalue weighted by Gasteiger charge is 2.49. The molecule has 146 valence electrons. The Morgan fingerprint density at radius 3 is 2.14 bits per heavy atom. The highest BCUT2D eigenvalue weighted by Crippen LogP contribution is 2.46. The molecule has 1 spiro atoms. The molecule has 2 aliphatic heterocycles. The average Bonchev–Trinajstić information content (AvgIpc) is 3.01. The molecule has 0 bridgehead atoms. The molecule has 28 heavy (non-hydrogen) atoms. The van der Waals surface area contributed by atoms with E-state index in [2.05, 4.69) is 5.32 Å². The lowest BCUT2D eigenvalue weighted by molar-refractivity contribution is -0.116. The van der Waals surface area contributed by atoms with Crippen molar-refractivity contribution in [3.8, 4) is 0 Å². The highest BCUT2D eigenvalue weighted by atomic mass is 32.2. The first-order chi connectivity index (χ1) is 13.5. The molecule has 5 nitrogen and oxygen atoms in total. The van der Waals surface area contributed by atoms with Crippen LogP contribution in [0.5, 0.6) is 0 Å². The van der Waals surface area contributed by atoms with Crippen LogP contribution in [0.1, 0.15) is 24.0 Å². The van der Waals surface area contributed by atoms with Gasteiger partial charge >= 0.3 is 6.03 Å². The third-order valence-electron chi connectivity index (χ3n) is 5.55. The Balaban J connectivity index is 1.44. The second-order valence-corrected chi connectivity index (χ2v) is 8.92. The molecule has 2 aliphatic rings. The fourth-order valence-electron chi connectivity index (χ4n) is 3.89. The van der Waals surface area contributed by atoms with E-state index in [1.54, 1.807) is 11.8 Å². The molecular weight excluding hydrogens is 370 g/mol. The normalized spacial score (nSPS) is 18.6. The molecule has 0 unspecified atom stereocenters. The number of aryl methyl sites for hydroxylation is 2. The van der Waals surface area contributed by atoms with Crippen molar-refractivity contribution in [3.63, 3.8) is 0 Å².